The van der Waals surface area contributed by atoms with Gasteiger partial charge < -0.3 is 14.0 Å². The smallest absolute Gasteiger partial charge is 0.256 e. The van der Waals surface area contributed by atoms with E-state index in [0.29, 0.717) is 6.54 Å². The third-order valence-corrected chi connectivity index (χ3v) is 5.80. The van der Waals surface area contributed by atoms with E-state index in [1.807, 2.05) is 24.9 Å². The van der Waals surface area contributed by atoms with Gasteiger partial charge in [0.2, 0.25) is 0 Å². The largest absolute Gasteiger partial charge is 0.341 e. The van der Waals surface area contributed by atoms with Crippen molar-refractivity contribution in [3.63, 3.8) is 0 Å². The summed E-state index contributed by atoms with van der Waals surface area (Å²) in [6, 6.07) is 3.17. The van der Waals surface area contributed by atoms with Crippen LogP contribution < -0.4 is 4.72 Å². The average Bonchev–Trinajstić information content (AvgIpc) is 3.10. The number of aryl methyl sites for hydroxylation is 2. The first-order valence-corrected chi connectivity index (χ1v) is 8.65. The van der Waals surface area contributed by atoms with E-state index in [1.54, 1.807) is 36.3 Å². The van der Waals surface area contributed by atoms with Crippen molar-refractivity contribution in [3.05, 3.63) is 36.5 Å². The van der Waals surface area contributed by atoms with Crippen LogP contribution in [-0.4, -0.2) is 53.6 Å². The van der Waals surface area contributed by atoms with Gasteiger partial charge in [0.25, 0.3) is 10.0 Å². The Bertz CT molecular complexity index is 764. The fourth-order valence-electron chi connectivity index (χ4n) is 3.13. The minimum Gasteiger partial charge on any atom is -0.341 e. The molecule has 3 heterocycles. The van der Waals surface area contributed by atoms with Gasteiger partial charge in [-0.3, -0.25) is 0 Å². The average molecular weight is 323 g/mol. The molecule has 2 atom stereocenters. The first-order valence-electron chi connectivity index (χ1n) is 7.17. The Morgan fingerprint density at radius 1 is 1.23 bits per heavy atom. The van der Waals surface area contributed by atoms with Crippen LogP contribution in [0.2, 0.25) is 0 Å². The van der Waals surface area contributed by atoms with Crippen LogP contribution in [-0.2, 0) is 24.1 Å². The summed E-state index contributed by atoms with van der Waals surface area (Å²) < 4.78 is 31.6. The second-order valence-corrected chi connectivity index (χ2v) is 7.60. The highest BCUT2D eigenvalue weighted by Gasteiger charge is 2.36. The highest BCUT2D eigenvalue weighted by Crippen LogP contribution is 2.27. The Balaban J connectivity index is 1.87. The van der Waals surface area contributed by atoms with Crippen LogP contribution in [0.3, 0.4) is 0 Å². The quantitative estimate of drug-likeness (QED) is 0.868. The maximum Gasteiger partial charge on any atom is 0.256 e. The van der Waals surface area contributed by atoms with Crippen LogP contribution in [0, 0.1) is 0 Å². The number of nitrogens with zero attached hydrogens (tertiary/aromatic N) is 4. The Morgan fingerprint density at radius 2 is 2.00 bits per heavy atom. The van der Waals surface area contributed by atoms with Crippen molar-refractivity contribution in [2.24, 2.45) is 14.1 Å². The molecule has 0 saturated carbocycles. The fraction of sp³-hybridized carbons (Fsp3) is 0.500. The molecule has 0 aromatic carbocycles. The van der Waals surface area contributed by atoms with E-state index in [1.165, 1.54) is 0 Å². The van der Waals surface area contributed by atoms with Crippen LogP contribution in [0.4, 0.5) is 0 Å². The minimum absolute atomic E-state index is 0.0903. The fourth-order valence-corrected chi connectivity index (χ4v) is 4.58. The summed E-state index contributed by atoms with van der Waals surface area (Å²) in [4.78, 5) is 6.28. The molecule has 0 bridgehead atoms. The Labute approximate surface area is 130 Å². The molecule has 7 nitrogen and oxygen atoms in total. The molecule has 2 aromatic heterocycles. The third-order valence-electron chi connectivity index (χ3n) is 4.21. The van der Waals surface area contributed by atoms with Gasteiger partial charge in [-0.15, -0.1) is 0 Å². The van der Waals surface area contributed by atoms with Gasteiger partial charge in [-0.25, -0.2) is 18.1 Å². The lowest BCUT2D eigenvalue weighted by molar-refractivity contribution is 0.404. The first-order chi connectivity index (χ1) is 10.4. The molecule has 0 radical (unpaired) electrons. The normalized spacial score (nSPS) is 23.2. The van der Waals surface area contributed by atoms with E-state index >= 15 is 0 Å². The molecule has 22 heavy (non-hydrogen) atoms. The number of aromatic nitrogens is 3. The molecule has 3 rings (SSSR count). The molecule has 0 aliphatic carbocycles. The van der Waals surface area contributed by atoms with Crippen LogP contribution >= 0.6 is 0 Å². The van der Waals surface area contributed by atoms with Crippen molar-refractivity contribution in [2.45, 2.75) is 17.0 Å². The zero-order valence-corrected chi connectivity index (χ0v) is 13.8. The van der Waals surface area contributed by atoms with Crippen LogP contribution in [0.15, 0.2) is 35.9 Å². The maximum absolute atomic E-state index is 12.6. The van der Waals surface area contributed by atoms with Gasteiger partial charge in [0.15, 0.2) is 0 Å². The van der Waals surface area contributed by atoms with Crippen LogP contribution in [0.25, 0.3) is 0 Å². The molecule has 0 unspecified atom stereocenters. The number of nitrogens with one attached hydrogen (secondary N) is 1. The van der Waals surface area contributed by atoms with Crippen molar-refractivity contribution < 1.29 is 8.42 Å². The maximum atomic E-state index is 12.6. The number of hydrogen-bond acceptors (Lipinski definition) is 4. The lowest BCUT2D eigenvalue weighted by Gasteiger charge is -2.20. The van der Waals surface area contributed by atoms with Crippen LogP contribution in [0.5, 0.6) is 0 Å². The number of rotatable bonds is 4. The van der Waals surface area contributed by atoms with Gasteiger partial charge in [0.1, 0.15) is 5.03 Å². The number of likely N-dealkylation sites (tertiary alicyclic amines) is 1. The van der Waals surface area contributed by atoms with Crippen molar-refractivity contribution in [3.8, 4) is 0 Å². The van der Waals surface area contributed by atoms with E-state index < -0.39 is 10.0 Å². The van der Waals surface area contributed by atoms with Gasteiger partial charge in [-0.05, 0) is 19.2 Å². The Morgan fingerprint density at radius 3 is 2.59 bits per heavy atom. The minimum atomic E-state index is -3.53. The van der Waals surface area contributed by atoms with E-state index in [9.17, 15) is 8.42 Å². The van der Waals surface area contributed by atoms with Gasteiger partial charge >= 0.3 is 0 Å². The van der Waals surface area contributed by atoms with Crippen molar-refractivity contribution in [2.75, 3.05) is 20.1 Å². The SMILES string of the molecule is CN1C[C@@H](NS(=O)(=O)c2cccn2C)[C@H](c2cncn2C)C1. The molecule has 1 aliphatic heterocycles. The standard InChI is InChI=1S/C14H21N5O2S/c1-17-8-11(13-7-15-10-19(13)3)12(9-17)16-22(20,21)14-5-4-6-18(14)2/h4-7,10-12,16H,8-9H2,1-3H3/t11-,12-/m1/s1. The zero-order valence-electron chi connectivity index (χ0n) is 13.0. The summed E-state index contributed by atoms with van der Waals surface area (Å²) in [6.07, 6.45) is 5.29. The molecular weight excluding hydrogens is 302 g/mol. The van der Waals surface area contributed by atoms with E-state index in [-0.39, 0.29) is 17.0 Å². The lowest BCUT2D eigenvalue weighted by Crippen LogP contribution is -2.40. The lowest BCUT2D eigenvalue weighted by atomic mass is 10.0. The molecule has 2 aromatic rings. The molecule has 1 N–H and O–H groups in total. The molecule has 1 fully saturated rings. The summed E-state index contributed by atoms with van der Waals surface area (Å²) in [6.45, 7) is 1.49. The Kier molecular flexibility index (Phi) is 3.84. The van der Waals surface area contributed by atoms with Gasteiger partial charge in [-0.1, -0.05) is 0 Å². The second kappa shape index (κ2) is 5.53. The summed E-state index contributed by atoms with van der Waals surface area (Å²) in [5, 5.41) is 0.283. The number of sulfonamides is 1. The molecule has 0 spiro atoms. The molecule has 120 valence electrons. The predicted molar refractivity (Wildman–Crippen MR) is 83.0 cm³/mol. The monoisotopic (exact) mass is 323 g/mol. The number of likely N-dealkylation sites (N-methyl/N-ethyl adjacent to an activating group) is 1. The molecule has 0 amide bonds. The summed E-state index contributed by atoms with van der Waals surface area (Å²) in [5.41, 5.74) is 1.05. The Hall–Kier alpha value is -1.64. The molecular formula is C14H21N5O2S. The summed E-state index contributed by atoms with van der Waals surface area (Å²) in [5.74, 6) is 0.0903. The molecule has 1 aliphatic rings. The first kappa shape index (κ1) is 15.3. The summed E-state index contributed by atoms with van der Waals surface area (Å²) in [7, 11) is 2.13. The van der Waals surface area contributed by atoms with Gasteiger partial charge in [-0.2, -0.15) is 0 Å². The van der Waals surface area contributed by atoms with E-state index in [0.717, 1.165) is 12.2 Å². The van der Waals surface area contributed by atoms with E-state index in [2.05, 4.69) is 14.6 Å². The molecule has 1 saturated heterocycles. The zero-order chi connectivity index (χ0) is 15.9. The topological polar surface area (TPSA) is 72.2 Å². The predicted octanol–water partition coefficient (Wildman–Crippen LogP) is 0.135. The second-order valence-electron chi connectivity index (χ2n) is 5.94. The van der Waals surface area contributed by atoms with Gasteiger partial charge in [0.05, 0.1) is 6.33 Å². The number of hydrogen-bond donors (Lipinski definition) is 1. The number of imidazole rings is 1. The van der Waals surface area contributed by atoms with Crippen molar-refractivity contribution in [1.29, 1.82) is 0 Å². The van der Waals surface area contributed by atoms with Gasteiger partial charge in [0, 0.05) is 57.2 Å². The highest BCUT2D eigenvalue weighted by molar-refractivity contribution is 7.89. The van der Waals surface area contributed by atoms with E-state index in [4.69, 9.17) is 0 Å². The highest BCUT2D eigenvalue weighted by atomic mass is 32.2. The third kappa shape index (κ3) is 2.69. The van der Waals surface area contributed by atoms with Crippen molar-refractivity contribution in [1.82, 2.24) is 23.7 Å². The van der Waals surface area contributed by atoms with Crippen LogP contribution in [0.1, 0.15) is 11.6 Å². The molecule has 8 heteroatoms. The summed E-state index contributed by atoms with van der Waals surface area (Å²) >= 11 is 0. The van der Waals surface area contributed by atoms with Crippen molar-refractivity contribution >= 4 is 10.0 Å².